The first kappa shape index (κ1) is 11.1. The van der Waals surface area contributed by atoms with Crippen LogP contribution in [0.15, 0.2) is 29.1 Å². The molecule has 0 aliphatic carbocycles. The first-order valence-electron chi connectivity index (χ1n) is 4.97. The summed E-state index contributed by atoms with van der Waals surface area (Å²) >= 11 is 0. The third-order valence-electron chi connectivity index (χ3n) is 2.43. The van der Waals surface area contributed by atoms with Crippen LogP contribution in [0.25, 0.3) is 5.82 Å². The second kappa shape index (κ2) is 3.89. The number of aromatic nitrogens is 3. The molecule has 2 aromatic heterocycles. The van der Waals surface area contributed by atoms with E-state index in [1.54, 1.807) is 26.1 Å². The lowest BCUT2D eigenvalue weighted by molar-refractivity contribution is 0.0686. The molecule has 1 N–H and O–H groups in total. The summed E-state index contributed by atoms with van der Waals surface area (Å²) < 4.78 is 2.60. The molecule has 88 valence electrons. The van der Waals surface area contributed by atoms with Crippen LogP contribution >= 0.6 is 0 Å². The topological polar surface area (TPSA) is 77.1 Å². The van der Waals surface area contributed by atoms with E-state index in [1.807, 2.05) is 0 Å². The first-order chi connectivity index (χ1) is 8.00. The zero-order valence-electron chi connectivity index (χ0n) is 9.41. The van der Waals surface area contributed by atoms with Gasteiger partial charge >= 0.3 is 5.97 Å². The van der Waals surface area contributed by atoms with Gasteiger partial charge < -0.3 is 5.11 Å². The van der Waals surface area contributed by atoms with Gasteiger partial charge in [0.1, 0.15) is 5.82 Å². The molecule has 0 amide bonds. The maximum Gasteiger partial charge on any atom is 0.354 e. The molecule has 2 aromatic rings. The van der Waals surface area contributed by atoms with Gasteiger partial charge in [0.15, 0.2) is 5.69 Å². The number of hydrogen-bond donors (Lipinski definition) is 1. The molecule has 0 radical (unpaired) electrons. The van der Waals surface area contributed by atoms with Gasteiger partial charge in [-0.2, -0.15) is 5.10 Å². The molecular weight excluding hydrogens is 222 g/mol. The standard InChI is InChI=1S/C11H11N3O3/c1-7-6-8(11(16)17)14(12-7)9-4-3-5-10(15)13(9)2/h3-6H,1-2H3,(H,16,17). The van der Waals surface area contributed by atoms with Crippen molar-refractivity contribution in [3.63, 3.8) is 0 Å². The van der Waals surface area contributed by atoms with Crippen LogP contribution in [-0.4, -0.2) is 25.4 Å². The SMILES string of the molecule is Cc1cc(C(=O)O)n(-c2cccc(=O)n2C)n1. The van der Waals surface area contributed by atoms with Crippen LogP contribution in [0.3, 0.4) is 0 Å². The molecule has 0 bridgehead atoms. The lowest BCUT2D eigenvalue weighted by Crippen LogP contribution is -2.22. The fourth-order valence-corrected chi connectivity index (χ4v) is 1.59. The zero-order valence-corrected chi connectivity index (χ0v) is 9.41. The van der Waals surface area contributed by atoms with Crippen molar-refractivity contribution in [2.75, 3.05) is 0 Å². The van der Waals surface area contributed by atoms with Crippen LogP contribution in [0.2, 0.25) is 0 Å². The fourth-order valence-electron chi connectivity index (χ4n) is 1.59. The van der Waals surface area contributed by atoms with Gasteiger partial charge in [-0.15, -0.1) is 0 Å². The van der Waals surface area contributed by atoms with E-state index in [9.17, 15) is 9.59 Å². The predicted octanol–water partition coefficient (Wildman–Crippen LogP) is 0.578. The third kappa shape index (κ3) is 1.84. The number of aryl methyl sites for hydroxylation is 1. The van der Waals surface area contributed by atoms with E-state index >= 15 is 0 Å². The Morgan fingerprint density at radius 1 is 1.41 bits per heavy atom. The van der Waals surface area contributed by atoms with Gasteiger partial charge in [-0.25, -0.2) is 9.48 Å². The Morgan fingerprint density at radius 2 is 2.12 bits per heavy atom. The molecule has 0 fully saturated rings. The van der Waals surface area contributed by atoms with Crippen molar-refractivity contribution < 1.29 is 9.90 Å². The minimum Gasteiger partial charge on any atom is -0.477 e. The molecule has 2 heterocycles. The molecule has 0 saturated heterocycles. The molecule has 2 rings (SSSR count). The van der Waals surface area contributed by atoms with E-state index < -0.39 is 5.97 Å². The molecule has 6 heteroatoms. The lowest BCUT2D eigenvalue weighted by atomic mass is 10.3. The Balaban J connectivity index is 2.72. The van der Waals surface area contributed by atoms with Gasteiger partial charge in [0, 0.05) is 13.1 Å². The van der Waals surface area contributed by atoms with Crippen molar-refractivity contribution in [3.8, 4) is 5.82 Å². The number of pyridine rings is 1. The van der Waals surface area contributed by atoms with Crippen LogP contribution in [-0.2, 0) is 7.05 Å². The summed E-state index contributed by atoms with van der Waals surface area (Å²) in [7, 11) is 1.57. The van der Waals surface area contributed by atoms with Crippen LogP contribution < -0.4 is 5.56 Å². The average Bonchev–Trinajstić information content (AvgIpc) is 2.64. The molecule has 0 spiro atoms. The molecule has 17 heavy (non-hydrogen) atoms. The van der Waals surface area contributed by atoms with Gasteiger partial charge in [-0.05, 0) is 19.1 Å². The zero-order chi connectivity index (χ0) is 12.6. The van der Waals surface area contributed by atoms with Crippen molar-refractivity contribution in [2.24, 2.45) is 7.05 Å². The normalized spacial score (nSPS) is 10.5. The van der Waals surface area contributed by atoms with Gasteiger partial charge in [0.2, 0.25) is 0 Å². The van der Waals surface area contributed by atoms with Gasteiger partial charge in [-0.3, -0.25) is 9.36 Å². The van der Waals surface area contributed by atoms with Crippen LogP contribution in [0, 0.1) is 6.92 Å². The summed E-state index contributed by atoms with van der Waals surface area (Å²) in [6.45, 7) is 1.70. The minimum atomic E-state index is -1.08. The Bertz CT molecular complexity index is 640. The highest BCUT2D eigenvalue weighted by Gasteiger charge is 2.15. The smallest absolute Gasteiger partial charge is 0.354 e. The molecule has 0 atom stereocenters. The third-order valence-corrected chi connectivity index (χ3v) is 2.43. The van der Waals surface area contributed by atoms with Crippen molar-refractivity contribution in [3.05, 3.63) is 46.0 Å². The summed E-state index contributed by atoms with van der Waals surface area (Å²) in [6, 6.07) is 6.07. The van der Waals surface area contributed by atoms with E-state index in [-0.39, 0.29) is 11.3 Å². The fraction of sp³-hybridized carbons (Fsp3) is 0.182. The Kier molecular flexibility index (Phi) is 2.55. The van der Waals surface area contributed by atoms with Crippen molar-refractivity contribution >= 4 is 5.97 Å². The summed E-state index contributed by atoms with van der Waals surface area (Å²) in [6.07, 6.45) is 0. The maximum absolute atomic E-state index is 11.5. The Morgan fingerprint density at radius 3 is 2.76 bits per heavy atom. The monoisotopic (exact) mass is 233 g/mol. The van der Waals surface area contributed by atoms with Gasteiger partial charge in [0.25, 0.3) is 5.56 Å². The molecule has 0 aromatic carbocycles. The Hall–Kier alpha value is -2.37. The second-order valence-electron chi connectivity index (χ2n) is 3.67. The summed E-state index contributed by atoms with van der Waals surface area (Å²) in [4.78, 5) is 22.5. The lowest BCUT2D eigenvalue weighted by Gasteiger charge is -2.08. The molecule has 0 aliphatic heterocycles. The summed E-state index contributed by atoms with van der Waals surface area (Å²) in [5, 5.41) is 13.1. The number of carboxylic acids is 1. The van der Waals surface area contributed by atoms with Crippen LogP contribution in [0.5, 0.6) is 0 Å². The molecule has 0 aliphatic rings. The highest BCUT2D eigenvalue weighted by molar-refractivity contribution is 5.86. The van der Waals surface area contributed by atoms with Crippen molar-refractivity contribution in [2.45, 2.75) is 6.92 Å². The van der Waals surface area contributed by atoms with E-state index in [0.717, 1.165) is 0 Å². The van der Waals surface area contributed by atoms with Crippen LogP contribution in [0.1, 0.15) is 16.2 Å². The number of carboxylic acid groups (broad SMARTS) is 1. The number of aromatic carboxylic acids is 1. The number of hydrogen-bond acceptors (Lipinski definition) is 3. The first-order valence-corrected chi connectivity index (χ1v) is 4.97. The quantitative estimate of drug-likeness (QED) is 0.823. The average molecular weight is 233 g/mol. The maximum atomic E-state index is 11.5. The van der Waals surface area contributed by atoms with E-state index in [1.165, 1.54) is 21.4 Å². The largest absolute Gasteiger partial charge is 0.477 e. The molecule has 0 unspecified atom stereocenters. The minimum absolute atomic E-state index is 0.0312. The van der Waals surface area contributed by atoms with Crippen LogP contribution in [0.4, 0.5) is 0 Å². The Labute approximate surface area is 96.7 Å². The van der Waals surface area contributed by atoms with Crippen molar-refractivity contribution in [1.29, 1.82) is 0 Å². The molecule has 6 nitrogen and oxygen atoms in total. The van der Waals surface area contributed by atoms with E-state index in [2.05, 4.69) is 5.10 Å². The number of rotatable bonds is 2. The molecule has 0 saturated carbocycles. The summed E-state index contributed by atoms with van der Waals surface area (Å²) in [5.74, 6) is -0.662. The highest BCUT2D eigenvalue weighted by atomic mass is 16.4. The van der Waals surface area contributed by atoms with E-state index in [4.69, 9.17) is 5.11 Å². The predicted molar refractivity (Wildman–Crippen MR) is 60.5 cm³/mol. The summed E-state index contributed by atoms with van der Waals surface area (Å²) in [5.41, 5.74) is 0.398. The van der Waals surface area contributed by atoms with Gasteiger partial charge in [0.05, 0.1) is 5.69 Å². The number of carbonyl (C=O) groups is 1. The van der Waals surface area contributed by atoms with E-state index in [0.29, 0.717) is 11.5 Å². The van der Waals surface area contributed by atoms with Crippen molar-refractivity contribution in [1.82, 2.24) is 14.3 Å². The molecular formula is C11H11N3O3. The highest BCUT2D eigenvalue weighted by Crippen LogP contribution is 2.10. The second-order valence-corrected chi connectivity index (χ2v) is 3.67. The van der Waals surface area contributed by atoms with Gasteiger partial charge in [-0.1, -0.05) is 6.07 Å². The number of nitrogens with zero attached hydrogens (tertiary/aromatic N) is 3.